The molecule has 10 heteroatoms. The van der Waals surface area contributed by atoms with Gasteiger partial charge in [-0.25, -0.2) is 4.98 Å². The minimum absolute atomic E-state index is 0.0126. The molecule has 2 fully saturated rings. The Morgan fingerprint density at radius 2 is 2.09 bits per heavy atom. The van der Waals surface area contributed by atoms with E-state index in [-0.39, 0.29) is 37.4 Å². The minimum Gasteiger partial charge on any atom is -0.456 e. The van der Waals surface area contributed by atoms with E-state index in [2.05, 4.69) is 21.0 Å². The predicted octanol–water partition coefficient (Wildman–Crippen LogP) is 2.19. The second-order valence-electron chi connectivity index (χ2n) is 8.99. The molecule has 0 aromatic carbocycles. The van der Waals surface area contributed by atoms with Gasteiger partial charge in [0, 0.05) is 17.8 Å². The van der Waals surface area contributed by atoms with E-state index in [1.165, 1.54) is 5.56 Å². The number of rotatable bonds is 6. The van der Waals surface area contributed by atoms with Crippen LogP contribution in [-0.2, 0) is 22.3 Å². The molecule has 3 aliphatic rings. The summed E-state index contributed by atoms with van der Waals surface area (Å²) in [6, 6.07) is 4.29. The van der Waals surface area contributed by atoms with E-state index >= 15 is 0 Å². The lowest BCUT2D eigenvalue weighted by molar-refractivity contribution is 0.00706. The van der Waals surface area contributed by atoms with Crippen molar-refractivity contribution in [3.05, 3.63) is 51.9 Å². The molecule has 1 unspecified atom stereocenters. The highest BCUT2D eigenvalue weighted by Gasteiger charge is 2.48. The number of nitrogens with one attached hydrogen (secondary N) is 1. The van der Waals surface area contributed by atoms with Gasteiger partial charge in [0.2, 0.25) is 0 Å². The maximum atomic E-state index is 9.91. The van der Waals surface area contributed by atoms with Gasteiger partial charge < -0.3 is 29.4 Å². The van der Waals surface area contributed by atoms with Crippen molar-refractivity contribution in [1.82, 2.24) is 19.9 Å². The number of aliphatic hydroxyl groups is 2. The van der Waals surface area contributed by atoms with E-state index in [1.807, 2.05) is 18.3 Å². The highest BCUT2D eigenvalue weighted by Crippen LogP contribution is 2.36. The van der Waals surface area contributed by atoms with Crippen LogP contribution in [0.4, 0.5) is 0 Å². The van der Waals surface area contributed by atoms with Crippen LogP contribution in [0, 0.1) is 0 Å². The van der Waals surface area contributed by atoms with Crippen LogP contribution in [-0.4, -0.2) is 74.4 Å². The minimum atomic E-state index is -0.629. The van der Waals surface area contributed by atoms with Gasteiger partial charge in [0.05, 0.1) is 36.1 Å². The Morgan fingerprint density at radius 3 is 2.97 bits per heavy atom. The number of fused-ring (bicyclic) bond motifs is 3. The van der Waals surface area contributed by atoms with E-state index < -0.39 is 6.10 Å². The zero-order chi connectivity index (χ0) is 23.2. The quantitative estimate of drug-likeness (QED) is 0.486. The van der Waals surface area contributed by atoms with Crippen LogP contribution in [0.25, 0.3) is 17.2 Å². The molecule has 0 saturated carbocycles. The zero-order valence-corrected chi connectivity index (χ0v) is 19.1. The normalized spacial score (nSPS) is 28.1. The predicted molar refractivity (Wildman–Crippen MR) is 124 cm³/mol. The molecule has 5 heterocycles. The van der Waals surface area contributed by atoms with E-state index in [9.17, 15) is 5.11 Å². The molecule has 5 atom stereocenters. The number of aromatic nitrogens is 4. The smallest absolute Gasteiger partial charge is 0.296 e. The van der Waals surface area contributed by atoms with E-state index in [0.29, 0.717) is 35.2 Å². The molecule has 0 bridgehead atoms. The maximum Gasteiger partial charge on any atom is 0.296 e. The molecule has 9 nitrogen and oxygen atoms in total. The lowest BCUT2D eigenvalue weighted by Gasteiger charge is -2.15. The fourth-order valence-electron chi connectivity index (χ4n) is 5.11. The fourth-order valence-corrected chi connectivity index (χ4v) is 5.33. The third-order valence-electron chi connectivity index (χ3n) is 6.75. The number of aromatic amines is 1. The van der Waals surface area contributed by atoms with Crippen LogP contribution in [0.1, 0.15) is 34.9 Å². The van der Waals surface area contributed by atoms with E-state index in [4.69, 9.17) is 35.9 Å². The van der Waals surface area contributed by atoms with Gasteiger partial charge in [-0.15, -0.1) is 0 Å². The average molecular weight is 485 g/mol. The summed E-state index contributed by atoms with van der Waals surface area (Å²) in [6.45, 7) is 0.586. The Kier molecular flexibility index (Phi) is 5.74. The Balaban J connectivity index is 1.19. The molecular formula is C24H25ClN4O5. The number of ether oxygens (including phenoxy) is 3. The third kappa shape index (κ3) is 3.97. The largest absolute Gasteiger partial charge is 0.456 e. The molecule has 6 rings (SSSR count). The number of pyridine rings is 2. The highest BCUT2D eigenvalue weighted by atomic mass is 35.5. The molecule has 2 saturated heterocycles. The molecule has 1 aliphatic carbocycles. The van der Waals surface area contributed by atoms with E-state index in [1.54, 1.807) is 6.08 Å². The van der Waals surface area contributed by atoms with Crippen molar-refractivity contribution in [3.8, 4) is 6.01 Å². The summed E-state index contributed by atoms with van der Waals surface area (Å²) in [5, 5.41) is 19.5. The number of hydrogen-bond donors (Lipinski definition) is 3. The standard InChI is InChI=1S/C24H25ClN4O5/c25-15-8-17-23(29-24(28-17)34-19-11-33-21-18(31)10-32-22(19)21)27-16(15)7-14-4-3-13-6-12(2-1-5-30)9-26-20(13)14/h1-2,6,8-9,14,18-19,21-22,30-31H,3-5,7,10-11H2,(H,27,28,29)/b2-1+/t14?,18-,19-,21-,22-/m1/s1. The fraction of sp³-hybridized carbons (Fsp3) is 0.458. The van der Waals surface area contributed by atoms with Crippen molar-refractivity contribution in [2.75, 3.05) is 19.8 Å². The number of H-pyrrole nitrogens is 1. The Labute approximate surface area is 200 Å². The van der Waals surface area contributed by atoms with E-state index in [0.717, 1.165) is 29.8 Å². The van der Waals surface area contributed by atoms with Crippen molar-refractivity contribution >= 4 is 28.8 Å². The summed E-state index contributed by atoms with van der Waals surface area (Å²) in [6.07, 6.45) is 6.38. The molecule has 3 aromatic rings. The first-order chi connectivity index (χ1) is 16.6. The first-order valence-electron chi connectivity index (χ1n) is 11.5. The molecule has 0 amide bonds. The number of aliphatic hydroxyl groups excluding tert-OH is 2. The van der Waals surface area contributed by atoms with Crippen LogP contribution in [0.15, 0.2) is 24.4 Å². The van der Waals surface area contributed by atoms with Crippen molar-refractivity contribution in [3.63, 3.8) is 0 Å². The summed E-state index contributed by atoms with van der Waals surface area (Å²) in [5.74, 6) is 0.237. The lowest BCUT2D eigenvalue weighted by Crippen LogP contribution is -2.34. The third-order valence-corrected chi connectivity index (χ3v) is 7.08. The van der Waals surface area contributed by atoms with Crippen LogP contribution in [0.5, 0.6) is 6.01 Å². The molecule has 0 spiro atoms. The lowest BCUT2D eigenvalue weighted by atomic mass is 9.99. The number of hydrogen-bond acceptors (Lipinski definition) is 8. The average Bonchev–Trinajstić information content (AvgIpc) is 3.59. The second-order valence-corrected chi connectivity index (χ2v) is 9.39. The summed E-state index contributed by atoms with van der Waals surface area (Å²) < 4.78 is 17.2. The summed E-state index contributed by atoms with van der Waals surface area (Å²) in [7, 11) is 0. The molecule has 2 aliphatic heterocycles. The topological polar surface area (TPSA) is 123 Å². The Bertz CT molecular complexity index is 1250. The van der Waals surface area contributed by atoms with Crippen molar-refractivity contribution < 1.29 is 24.4 Å². The van der Waals surface area contributed by atoms with Gasteiger partial charge in [-0.05, 0) is 42.5 Å². The summed E-state index contributed by atoms with van der Waals surface area (Å²) in [5.41, 5.74) is 5.31. The van der Waals surface area contributed by atoms with Gasteiger partial charge in [-0.2, -0.15) is 4.98 Å². The number of aryl methyl sites for hydroxylation is 1. The van der Waals surface area contributed by atoms with Gasteiger partial charge in [0.15, 0.2) is 11.8 Å². The second kappa shape index (κ2) is 8.90. The number of imidazole rings is 1. The zero-order valence-electron chi connectivity index (χ0n) is 18.4. The highest BCUT2D eigenvalue weighted by molar-refractivity contribution is 6.31. The molecule has 3 aromatic heterocycles. The van der Waals surface area contributed by atoms with Gasteiger partial charge in [0.25, 0.3) is 6.01 Å². The van der Waals surface area contributed by atoms with Gasteiger partial charge in [-0.1, -0.05) is 23.8 Å². The van der Waals surface area contributed by atoms with Crippen LogP contribution >= 0.6 is 11.6 Å². The van der Waals surface area contributed by atoms with Crippen molar-refractivity contribution in [2.24, 2.45) is 0 Å². The molecule has 3 N–H and O–H groups in total. The molecular weight excluding hydrogens is 460 g/mol. The van der Waals surface area contributed by atoms with Gasteiger partial charge in [-0.3, -0.25) is 4.98 Å². The van der Waals surface area contributed by atoms with Crippen molar-refractivity contribution in [2.45, 2.75) is 49.6 Å². The number of halogens is 1. The number of nitrogens with zero attached hydrogens (tertiary/aromatic N) is 3. The summed E-state index contributed by atoms with van der Waals surface area (Å²) in [4.78, 5) is 17.0. The Morgan fingerprint density at radius 1 is 1.21 bits per heavy atom. The first kappa shape index (κ1) is 21.9. The monoisotopic (exact) mass is 484 g/mol. The van der Waals surface area contributed by atoms with Gasteiger partial charge in [0.1, 0.15) is 18.3 Å². The van der Waals surface area contributed by atoms with Crippen molar-refractivity contribution in [1.29, 1.82) is 0 Å². The Hall–Kier alpha value is -2.56. The maximum absolute atomic E-state index is 9.91. The molecule has 34 heavy (non-hydrogen) atoms. The van der Waals surface area contributed by atoms with Crippen LogP contribution in [0.3, 0.4) is 0 Å². The van der Waals surface area contributed by atoms with Crippen LogP contribution in [0.2, 0.25) is 5.02 Å². The first-order valence-corrected chi connectivity index (χ1v) is 11.9. The van der Waals surface area contributed by atoms with Gasteiger partial charge >= 0.3 is 0 Å². The van der Waals surface area contributed by atoms with Crippen LogP contribution < -0.4 is 4.74 Å². The molecule has 0 radical (unpaired) electrons. The SMILES string of the molecule is OC/C=C/c1cnc2c(c1)CCC2Cc1nc2nc(O[C@@H]3CO[C@H]4[C@@H]3OC[C@H]4O)[nH]c2cc1Cl. The molecule has 178 valence electrons. The summed E-state index contributed by atoms with van der Waals surface area (Å²) >= 11 is 6.59.